The van der Waals surface area contributed by atoms with Crippen LogP contribution in [0.4, 0.5) is 26.2 Å². The third kappa shape index (κ3) is 2.38. The molecule has 102 valence electrons. The van der Waals surface area contributed by atoms with Gasteiger partial charge in [0, 0.05) is 11.8 Å². The molecule has 2 heterocycles. The van der Waals surface area contributed by atoms with Crippen molar-refractivity contribution in [2.45, 2.75) is 0 Å². The number of hydrazine groups is 1. The first-order valence-electron chi connectivity index (χ1n) is 5.60. The van der Waals surface area contributed by atoms with E-state index < -0.39 is 11.6 Å². The van der Waals surface area contributed by atoms with Crippen LogP contribution in [-0.4, -0.2) is 9.97 Å². The Kier molecular flexibility index (Phi) is 3.17. The van der Waals surface area contributed by atoms with Gasteiger partial charge in [0.1, 0.15) is 22.3 Å². The smallest absolute Gasteiger partial charge is 0.240 e. The van der Waals surface area contributed by atoms with Crippen LogP contribution >= 0.6 is 11.3 Å². The summed E-state index contributed by atoms with van der Waals surface area (Å²) in [5.74, 6) is 4.62. The summed E-state index contributed by atoms with van der Waals surface area (Å²) < 4.78 is 26.4. The molecule has 0 amide bonds. The number of benzene rings is 1. The Hall–Kier alpha value is -2.32. The number of aromatic nitrogens is 2. The van der Waals surface area contributed by atoms with E-state index in [0.717, 1.165) is 11.5 Å². The number of nitrogens with zero attached hydrogens (tertiary/aromatic N) is 2. The van der Waals surface area contributed by atoms with Gasteiger partial charge in [-0.2, -0.15) is 4.98 Å². The molecule has 0 bridgehead atoms. The van der Waals surface area contributed by atoms with Gasteiger partial charge >= 0.3 is 0 Å². The molecule has 4 N–H and O–H groups in total. The van der Waals surface area contributed by atoms with E-state index in [1.807, 2.05) is 11.4 Å². The summed E-state index contributed by atoms with van der Waals surface area (Å²) in [7, 11) is 0. The quantitative estimate of drug-likeness (QED) is 0.511. The van der Waals surface area contributed by atoms with Crippen molar-refractivity contribution in [1.29, 1.82) is 0 Å². The summed E-state index contributed by atoms with van der Waals surface area (Å²) in [4.78, 5) is 9.04. The van der Waals surface area contributed by atoms with Crippen LogP contribution in [0.15, 0.2) is 29.6 Å². The van der Waals surface area contributed by atoms with Gasteiger partial charge < -0.3 is 5.32 Å². The average Bonchev–Trinajstić information content (AvgIpc) is 2.85. The zero-order valence-electron chi connectivity index (χ0n) is 10.0. The van der Waals surface area contributed by atoms with E-state index >= 15 is 0 Å². The number of hydrogen-bond donors (Lipinski definition) is 3. The molecular formula is C12H9F2N5S. The minimum Gasteiger partial charge on any atom is -0.339 e. The molecule has 20 heavy (non-hydrogen) atoms. The fraction of sp³-hybridized carbons (Fsp3) is 0. The van der Waals surface area contributed by atoms with Crippen molar-refractivity contribution in [3.8, 4) is 0 Å². The predicted molar refractivity (Wildman–Crippen MR) is 74.9 cm³/mol. The molecule has 0 aliphatic carbocycles. The highest BCUT2D eigenvalue weighted by molar-refractivity contribution is 7.16. The molecule has 0 spiro atoms. The number of nitrogens with two attached hydrogens (primary N) is 1. The number of nitrogens with one attached hydrogen (secondary N) is 2. The molecular weight excluding hydrogens is 284 g/mol. The first kappa shape index (κ1) is 12.7. The first-order valence-corrected chi connectivity index (χ1v) is 6.48. The van der Waals surface area contributed by atoms with Crippen LogP contribution in [-0.2, 0) is 0 Å². The van der Waals surface area contributed by atoms with E-state index in [9.17, 15) is 8.78 Å². The SMILES string of the molecule is NNc1nc(Nc2cc(F)cc(F)c2)c2ccsc2n1. The third-order valence-corrected chi connectivity index (χ3v) is 3.39. The third-order valence-electron chi connectivity index (χ3n) is 2.58. The van der Waals surface area contributed by atoms with E-state index in [-0.39, 0.29) is 11.6 Å². The Labute approximate surface area is 116 Å². The lowest BCUT2D eigenvalue weighted by Gasteiger charge is -2.08. The number of halogens is 2. The summed E-state index contributed by atoms with van der Waals surface area (Å²) >= 11 is 1.41. The number of hydrogen-bond acceptors (Lipinski definition) is 6. The van der Waals surface area contributed by atoms with Crippen molar-refractivity contribution in [1.82, 2.24) is 9.97 Å². The van der Waals surface area contributed by atoms with E-state index in [2.05, 4.69) is 20.7 Å². The Morgan fingerprint density at radius 1 is 1.10 bits per heavy atom. The molecule has 3 rings (SSSR count). The van der Waals surface area contributed by atoms with Crippen molar-refractivity contribution < 1.29 is 8.78 Å². The van der Waals surface area contributed by atoms with Crippen molar-refractivity contribution >= 4 is 39.0 Å². The maximum absolute atomic E-state index is 13.2. The topological polar surface area (TPSA) is 75.9 Å². The zero-order chi connectivity index (χ0) is 14.1. The minimum absolute atomic E-state index is 0.222. The van der Waals surface area contributed by atoms with Crippen LogP contribution in [0.5, 0.6) is 0 Å². The molecule has 8 heteroatoms. The number of rotatable bonds is 3. The molecule has 0 aliphatic heterocycles. The molecule has 0 saturated heterocycles. The first-order chi connectivity index (χ1) is 9.65. The number of thiophene rings is 1. The van der Waals surface area contributed by atoms with Crippen LogP contribution in [0.2, 0.25) is 0 Å². The minimum atomic E-state index is -0.666. The Balaban J connectivity index is 2.07. The molecule has 0 aliphatic rings. The Morgan fingerprint density at radius 2 is 1.85 bits per heavy atom. The highest BCUT2D eigenvalue weighted by Crippen LogP contribution is 2.28. The number of anilines is 3. The summed E-state index contributed by atoms with van der Waals surface area (Å²) in [6, 6.07) is 4.98. The van der Waals surface area contributed by atoms with E-state index in [1.165, 1.54) is 23.5 Å². The van der Waals surface area contributed by atoms with Crippen LogP contribution in [0.1, 0.15) is 0 Å². The van der Waals surface area contributed by atoms with Crippen molar-refractivity contribution in [2.24, 2.45) is 5.84 Å². The van der Waals surface area contributed by atoms with Gasteiger partial charge in [0.2, 0.25) is 5.95 Å². The molecule has 0 radical (unpaired) electrons. The number of nitrogen functional groups attached to an aromatic ring is 1. The van der Waals surface area contributed by atoms with Gasteiger partial charge in [-0.15, -0.1) is 11.3 Å². The van der Waals surface area contributed by atoms with E-state index in [1.54, 1.807) is 0 Å². The van der Waals surface area contributed by atoms with Gasteiger partial charge in [0.05, 0.1) is 5.39 Å². The average molecular weight is 293 g/mol. The zero-order valence-corrected chi connectivity index (χ0v) is 10.8. The summed E-state index contributed by atoms with van der Waals surface area (Å²) in [5.41, 5.74) is 2.61. The maximum atomic E-state index is 13.2. The lowest BCUT2D eigenvalue weighted by molar-refractivity contribution is 0.584. The van der Waals surface area contributed by atoms with Gasteiger partial charge in [-0.1, -0.05) is 0 Å². The number of fused-ring (bicyclic) bond motifs is 1. The fourth-order valence-electron chi connectivity index (χ4n) is 1.78. The van der Waals surface area contributed by atoms with Crippen LogP contribution in [0.25, 0.3) is 10.2 Å². The van der Waals surface area contributed by atoms with Gasteiger partial charge in [0.15, 0.2) is 0 Å². The standard InChI is InChI=1S/C12H9F2N5S/c13-6-3-7(14)5-8(4-6)16-10-9-1-2-20-11(9)18-12(17-10)19-15/h1-5H,15H2,(H2,16,17,18,19). The van der Waals surface area contributed by atoms with Crippen molar-refractivity contribution in [3.63, 3.8) is 0 Å². The van der Waals surface area contributed by atoms with Crippen LogP contribution in [0, 0.1) is 11.6 Å². The Morgan fingerprint density at radius 3 is 2.55 bits per heavy atom. The second-order valence-corrected chi connectivity index (χ2v) is 4.86. The summed E-state index contributed by atoms with van der Waals surface area (Å²) in [6.07, 6.45) is 0. The maximum Gasteiger partial charge on any atom is 0.240 e. The summed E-state index contributed by atoms with van der Waals surface area (Å²) in [6.45, 7) is 0. The fourth-order valence-corrected chi connectivity index (χ4v) is 2.54. The lowest BCUT2D eigenvalue weighted by atomic mass is 10.3. The molecule has 5 nitrogen and oxygen atoms in total. The molecule has 0 unspecified atom stereocenters. The van der Waals surface area contributed by atoms with Gasteiger partial charge in [0.25, 0.3) is 0 Å². The normalized spacial score (nSPS) is 10.8. The van der Waals surface area contributed by atoms with Crippen molar-refractivity contribution in [2.75, 3.05) is 10.7 Å². The Bertz CT molecular complexity index is 753. The predicted octanol–water partition coefficient (Wildman–Crippen LogP) is 3.00. The van der Waals surface area contributed by atoms with Gasteiger partial charge in [-0.05, 0) is 23.6 Å². The molecule has 0 atom stereocenters. The van der Waals surface area contributed by atoms with Gasteiger partial charge in [-0.25, -0.2) is 19.6 Å². The molecule has 0 fully saturated rings. The summed E-state index contributed by atoms with van der Waals surface area (Å²) in [5, 5.41) is 5.46. The van der Waals surface area contributed by atoms with Crippen molar-refractivity contribution in [3.05, 3.63) is 41.3 Å². The highest BCUT2D eigenvalue weighted by atomic mass is 32.1. The highest BCUT2D eigenvalue weighted by Gasteiger charge is 2.09. The van der Waals surface area contributed by atoms with E-state index in [4.69, 9.17) is 5.84 Å². The van der Waals surface area contributed by atoms with E-state index in [0.29, 0.717) is 10.6 Å². The lowest BCUT2D eigenvalue weighted by Crippen LogP contribution is -2.11. The molecule has 1 aromatic carbocycles. The monoisotopic (exact) mass is 293 g/mol. The second kappa shape index (κ2) is 4.99. The molecule has 2 aromatic heterocycles. The molecule has 3 aromatic rings. The van der Waals surface area contributed by atoms with Crippen LogP contribution in [0.3, 0.4) is 0 Å². The van der Waals surface area contributed by atoms with Gasteiger partial charge in [-0.3, -0.25) is 5.43 Å². The second-order valence-electron chi connectivity index (χ2n) is 3.96. The largest absolute Gasteiger partial charge is 0.339 e. The van der Waals surface area contributed by atoms with Crippen LogP contribution < -0.4 is 16.6 Å². The molecule has 0 saturated carbocycles.